The summed E-state index contributed by atoms with van der Waals surface area (Å²) < 4.78 is 40.1. The van der Waals surface area contributed by atoms with Crippen molar-refractivity contribution in [3.8, 4) is 5.75 Å². The van der Waals surface area contributed by atoms with Crippen LogP contribution >= 0.6 is 0 Å². The zero-order valence-electron chi connectivity index (χ0n) is 12.3. The summed E-state index contributed by atoms with van der Waals surface area (Å²) in [6.07, 6.45) is -3.17. The van der Waals surface area contributed by atoms with E-state index >= 15 is 0 Å². The largest absolute Gasteiger partial charge is 0.573 e. The first-order valence-corrected chi connectivity index (χ1v) is 7.00. The first-order valence-electron chi connectivity index (χ1n) is 7.00. The number of nitrogens with one attached hydrogen (secondary N) is 1. The highest BCUT2D eigenvalue weighted by Gasteiger charge is 2.50. The number of aliphatic carboxylic acids is 1. The molecule has 0 heterocycles. The number of carbonyl (C=O) groups is 2. The molecule has 1 amide bonds. The highest BCUT2D eigenvalue weighted by Crippen LogP contribution is 2.48. The van der Waals surface area contributed by atoms with Crippen molar-refractivity contribution in [1.82, 2.24) is 5.32 Å². The number of carboxylic acids is 1. The maximum absolute atomic E-state index is 12.2. The van der Waals surface area contributed by atoms with Gasteiger partial charge in [-0.05, 0) is 43.9 Å². The lowest BCUT2D eigenvalue weighted by Crippen LogP contribution is -2.43. The molecule has 1 fully saturated rings. The van der Waals surface area contributed by atoms with Gasteiger partial charge >= 0.3 is 12.3 Å². The molecule has 1 aromatic carbocycles. The Labute approximate surface area is 130 Å². The summed E-state index contributed by atoms with van der Waals surface area (Å²) in [5, 5.41) is 11.2. The zero-order valence-corrected chi connectivity index (χ0v) is 12.3. The second kappa shape index (κ2) is 6.10. The lowest BCUT2D eigenvalue weighted by Gasteiger charge is -2.18. The monoisotopic (exact) mass is 331 g/mol. The van der Waals surface area contributed by atoms with Crippen molar-refractivity contribution in [3.05, 3.63) is 29.8 Å². The normalized spacial score (nSPS) is 17.2. The van der Waals surface area contributed by atoms with Gasteiger partial charge in [0.25, 0.3) is 0 Å². The topological polar surface area (TPSA) is 75.6 Å². The molecule has 0 aromatic heterocycles. The fourth-order valence-corrected chi connectivity index (χ4v) is 2.25. The zero-order chi connectivity index (χ0) is 17.3. The lowest BCUT2D eigenvalue weighted by molar-refractivity contribution is -0.274. The molecule has 1 atom stereocenters. The van der Waals surface area contributed by atoms with Gasteiger partial charge < -0.3 is 15.2 Å². The minimum Gasteiger partial charge on any atom is -0.480 e. The van der Waals surface area contributed by atoms with Crippen LogP contribution in [0.4, 0.5) is 13.2 Å². The molecule has 2 N–H and O–H groups in total. The molecule has 1 aliphatic rings. The number of alkyl halides is 3. The standard InChI is InChI=1S/C15H16F3NO4/c1-9(12(20)21)19-13(22)14(6-7-14)8-10-2-4-11(5-3-10)23-15(16,17)18/h2-5,9H,6-8H2,1H3,(H,19,22)(H,20,21). The van der Waals surface area contributed by atoms with Crippen molar-refractivity contribution in [1.29, 1.82) is 0 Å². The molecule has 1 unspecified atom stereocenters. The Morgan fingerprint density at radius 2 is 1.87 bits per heavy atom. The van der Waals surface area contributed by atoms with Crippen LogP contribution in [0.3, 0.4) is 0 Å². The van der Waals surface area contributed by atoms with Gasteiger partial charge in [0.1, 0.15) is 11.8 Å². The van der Waals surface area contributed by atoms with E-state index < -0.39 is 23.8 Å². The first-order chi connectivity index (χ1) is 10.6. The third kappa shape index (κ3) is 4.61. The molecule has 0 radical (unpaired) electrons. The smallest absolute Gasteiger partial charge is 0.480 e. The van der Waals surface area contributed by atoms with E-state index in [4.69, 9.17) is 5.11 Å². The highest BCUT2D eigenvalue weighted by molar-refractivity contribution is 5.89. The number of halogens is 3. The molecule has 0 aliphatic heterocycles. The molecule has 0 spiro atoms. The molecule has 23 heavy (non-hydrogen) atoms. The second-order valence-electron chi connectivity index (χ2n) is 5.68. The third-order valence-corrected chi connectivity index (χ3v) is 3.75. The fraction of sp³-hybridized carbons (Fsp3) is 0.467. The van der Waals surface area contributed by atoms with Gasteiger partial charge in [-0.25, -0.2) is 0 Å². The number of hydrogen-bond donors (Lipinski definition) is 2. The first kappa shape index (κ1) is 17.1. The average molecular weight is 331 g/mol. The van der Waals surface area contributed by atoms with Crippen molar-refractivity contribution in [2.75, 3.05) is 0 Å². The quantitative estimate of drug-likeness (QED) is 0.840. The average Bonchev–Trinajstić information content (AvgIpc) is 3.20. The summed E-state index contributed by atoms with van der Waals surface area (Å²) in [6.45, 7) is 1.37. The Morgan fingerprint density at radius 3 is 2.30 bits per heavy atom. The third-order valence-electron chi connectivity index (χ3n) is 3.75. The number of amides is 1. The number of carbonyl (C=O) groups excluding carboxylic acids is 1. The SMILES string of the molecule is CC(NC(=O)C1(Cc2ccc(OC(F)(F)F)cc2)CC1)C(=O)O. The minimum absolute atomic E-state index is 0.324. The summed E-state index contributed by atoms with van der Waals surface area (Å²) in [5.74, 6) is -1.79. The Bertz CT molecular complexity index is 594. The van der Waals surface area contributed by atoms with Gasteiger partial charge in [0, 0.05) is 0 Å². The van der Waals surface area contributed by atoms with Gasteiger partial charge in [-0.3, -0.25) is 9.59 Å². The van der Waals surface area contributed by atoms with Crippen molar-refractivity contribution >= 4 is 11.9 Å². The van der Waals surface area contributed by atoms with Gasteiger partial charge in [-0.2, -0.15) is 0 Å². The summed E-state index contributed by atoms with van der Waals surface area (Å²) >= 11 is 0. The van der Waals surface area contributed by atoms with E-state index in [-0.39, 0.29) is 11.7 Å². The summed E-state index contributed by atoms with van der Waals surface area (Å²) in [6, 6.07) is 4.33. The molecule has 5 nitrogen and oxygen atoms in total. The van der Waals surface area contributed by atoms with Crippen molar-refractivity contribution in [3.63, 3.8) is 0 Å². The fourth-order valence-electron chi connectivity index (χ4n) is 2.25. The van der Waals surface area contributed by atoms with E-state index in [1.165, 1.54) is 31.2 Å². The van der Waals surface area contributed by atoms with Crippen molar-refractivity contribution in [2.24, 2.45) is 5.41 Å². The molecule has 2 rings (SSSR count). The van der Waals surface area contributed by atoms with Crippen LogP contribution in [0.25, 0.3) is 0 Å². The predicted molar refractivity (Wildman–Crippen MR) is 73.7 cm³/mol. The van der Waals surface area contributed by atoms with Crippen LogP contribution in [0.1, 0.15) is 25.3 Å². The Kier molecular flexibility index (Phi) is 4.53. The van der Waals surface area contributed by atoms with Gasteiger partial charge in [0.05, 0.1) is 5.41 Å². The van der Waals surface area contributed by atoms with E-state index in [0.717, 1.165) is 0 Å². The molecule has 0 bridgehead atoms. The predicted octanol–water partition coefficient (Wildman–Crippen LogP) is 2.50. The summed E-state index contributed by atoms with van der Waals surface area (Å²) in [5.41, 5.74) is 0.0194. The molecule has 126 valence electrons. The van der Waals surface area contributed by atoms with E-state index in [0.29, 0.717) is 24.8 Å². The number of carboxylic acid groups (broad SMARTS) is 1. The van der Waals surface area contributed by atoms with Crippen molar-refractivity contribution in [2.45, 2.75) is 38.6 Å². The van der Waals surface area contributed by atoms with Crippen LogP contribution < -0.4 is 10.1 Å². The molecular formula is C15H16F3NO4. The Hall–Kier alpha value is -2.25. The number of rotatable bonds is 6. The van der Waals surface area contributed by atoms with Gasteiger partial charge in [-0.15, -0.1) is 13.2 Å². The number of ether oxygens (including phenoxy) is 1. The highest BCUT2D eigenvalue weighted by atomic mass is 19.4. The van der Waals surface area contributed by atoms with E-state index in [1.54, 1.807) is 0 Å². The van der Waals surface area contributed by atoms with E-state index in [2.05, 4.69) is 10.1 Å². The summed E-state index contributed by atoms with van der Waals surface area (Å²) in [4.78, 5) is 22.9. The van der Waals surface area contributed by atoms with Gasteiger partial charge in [0.15, 0.2) is 0 Å². The summed E-state index contributed by atoms with van der Waals surface area (Å²) in [7, 11) is 0. The maximum Gasteiger partial charge on any atom is 0.573 e. The van der Waals surface area contributed by atoms with E-state index in [9.17, 15) is 22.8 Å². The molecule has 0 saturated heterocycles. The van der Waals surface area contributed by atoms with Crippen LogP contribution in [-0.4, -0.2) is 29.4 Å². The molecule has 1 aliphatic carbocycles. The molecule has 1 aromatic rings. The van der Waals surface area contributed by atoms with Gasteiger partial charge in [0.2, 0.25) is 5.91 Å². The Balaban J connectivity index is 1.98. The van der Waals surface area contributed by atoms with Crippen LogP contribution in [0.2, 0.25) is 0 Å². The van der Waals surface area contributed by atoms with E-state index in [1.807, 2.05) is 0 Å². The van der Waals surface area contributed by atoms with Crippen LogP contribution in [0, 0.1) is 5.41 Å². The molecule has 1 saturated carbocycles. The lowest BCUT2D eigenvalue weighted by atomic mass is 9.95. The molecular weight excluding hydrogens is 315 g/mol. The van der Waals surface area contributed by atoms with Gasteiger partial charge in [-0.1, -0.05) is 12.1 Å². The molecule has 8 heteroatoms. The van der Waals surface area contributed by atoms with Crippen LogP contribution in [0.5, 0.6) is 5.75 Å². The number of hydrogen-bond acceptors (Lipinski definition) is 3. The van der Waals surface area contributed by atoms with Crippen molar-refractivity contribution < 1.29 is 32.6 Å². The second-order valence-corrected chi connectivity index (χ2v) is 5.68. The minimum atomic E-state index is -4.74. The Morgan fingerprint density at radius 1 is 1.30 bits per heavy atom. The maximum atomic E-state index is 12.2. The van der Waals surface area contributed by atoms with Crippen LogP contribution in [-0.2, 0) is 16.0 Å². The number of benzene rings is 1. The van der Waals surface area contributed by atoms with Crippen LogP contribution in [0.15, 0.2) is 24.3 Å².